The summed E-state index contributed by atoms with van der Waals surface area (Å²) in [7, 11) is 1.66. The minimum Gasteiger partial charge on any atom is -0.507 e. The number of carbonyl (C=O) groups excluding carboxylic acids is 1. The number of amides is 1. The molecule has 30 heavy (non-hydrogen) atoms. The largest absolute Gasteiger partial charge is 0.507 e. The number of aromatic amines is 1. The Labute approximate surface area is 176 Å². The number of hydrogen-bond acceptors (Lipinski definition) is 4. The van der Waals surface area contributed by atoms with Crippen molar-refractivity contribution < 1.29 is 14.6 Å². The summed E-state index contributed by atoms with van der Waals surface area (Å²) in [6, 6.07) is 11.7. The maximum Gasteiger partial charge on any atom is 0.273 e. The van der Waals surface area contributed by atoms with Gasteiger partial charge in [0.25, 0.3) is 5.91 Å². The van der Waals surface area contributed by atoms with Gasteiger partial charge in [-0.2, -0.15) is 5.10 Å². The molecule has 1 aromatic heterocycles. The topological polar surface area (TPSA) is 78.5 Å². The van der Waals surface area contributed by atoms with Crippen molar-refractivity contribution in [2.75, 3.05) is 20.3 Å². The molecule has 2 aromatic carbocycles. The first-order valence-electron chi connectivity index (χ1n) is 10.2. The van der Waals surface area contributed by atoms with E-state index in [4.69, 9.17) is 4.74 Å². The van der Waals surface area contributed by atoms with Crippen molar-refractivity contribution in [3.63, 3.8) is 0 Å². The number of carbonyl (C=O) groups is 1. The number of aromatic hydroxyl groups is 1. The fourth-order valence-electron chi connectivity index (χ4n) is 4.35. The van der Waals surface area contributed by atoms with E-state index in [0.717, 1.165) is 34.2 Å². The van der Waals surface area contributed by atoms with E-state index >= 15 is 0 Å². The van der Waals surface area contributed by atoms with Gasteiger partial charge >= 0.3 is 0 Å². The lowest BCUT2D eigenvalue weighted by Gasteiger charge is -2.26. The minimum absolute atomic E-state index is 0.0744. The van der Waals surface area contributed by atoms with Gasteiger partial charge in [0.05, 0.1) is 6.04 Å². The molecular weight excluding hydrogens is 378 g/mol. The highest BCUT2D eigenvalue weighted by Crippen LogP contribution is 2.45. The van der Waals surface area contributed by atoms with E-state index in [9.17, 15) is 9.90 Å². The smallest absolute Gasteiger partial charge is 0.273 e. The number of benzene rings is 2. The third-order valence-electron chi connectivity index (χ3n) is 5.70. The molecule has 0 radical (unpaired) electrons. The van der Waals surface area contributed by atoms with Crippen LogP contribution in [0.3, 0.4) is 0 Å². The van der Waals surface area contributed by atoms with Crippen molar-refractivity contribution in [1.29, 1.82) is 0 Å². The molecule has 1 amide bonds. The molecule has 0 fully saturated rings. The summed E-state index contributed by atoms with van der Waals surface area (Å²) in [5.74, 6) is 0.101. The molecule has 6 heteroatoms. The lowest BCUT2D eigenvalue weighted by molar-refractivity contribution is 0.0723. The number of nitrogens with one attached hydrogen (secondary N) is 1. The Kier molecular flexibility index (Phi) is 5.35. The molecule has 0 saturated carbocycles. The average Bonchev–Trinajstić information content (AvgIpc) is 3.22. The Hall–Kier alpha value is -3.12. The Morgan fingerprint density at radius 3 is 2.53 bits per heavy atom. The molecule has 0 aliphatic carbocycles. The van der Waals surface area contributed by atoms with Crippen LogP contribution in [-0.4, -0.2) is 46.4 Å². The highest BCUT2D eigenvalue weighted by molar-refractivity contribution is 6.00. The lowest BCUT2D eigenvalue weighted by Crippen LogP contribution is -2.31. The molecule has 6 nitrogen and oxygen atoms in total. The molecule has 3 aromatic rings. The molecule has 4 rings (SSSR count). The molecule has 1 aliphatic heterocycles. The van der Waals surface area contributed by atoms with Crippen LogP contribution in [0.5, 0.6) is 5.75 Å². The van der Waals surface area contributed by atoms with Crippen LogP contribution in [0.2, 0.25) is 0 Å². The summed E-state index contributed by atoms with van der Waals surface area (Å²) < 4.78 is 5.20. The molecule has 0 bridgehead atoms. The van der Waals surface area contributed by atoms with Gasteiger partial charge in [-0.1, -0.05) is 35.9 Å². The lowest BCUT2D eigenvalue weighted by atomic mass is 9.93. The third kappa shape index (κ3) is 3.37. The summed E-state index contributed by atoms with van der Waals surface area (Å²) in [5.41, 5.74) is 6.71. The molecule has 156 valence electrons. The minimum atomic E-state index is -0.265. The summed E-state index contributed by atoms with van der Waals surface area (Å²) in [5, 5.41) is 18.1. The summed E-state index contributed by atoms with van der Waals surface area (Å²) in [6.45, 7) is 7.11. The van der Waals surface area contributed by atoms with Crippen LogP contribution in [0.15, 0.2) is 36.4 Å². The second-order valence-electron chi connectivity index (χ2n) is 7.99. The first-order valence-corrected chi connectivity index (χ1v) is 10.2. The molecule has 1 unspecified atom stereocenters. The van der Waals surface area contributed by atoms with Crippen LogP contribution < -0.4 is 0 Å². The van der Waals surface area contributed by atoms with Gasteiger partial charge in [-0.3, -0.25) is 9.89 Å². The second kappa shape index (κ2) is 7.95. The van der Waals surface area contributed by atoms with Crippen LogP contribution in [0.25, 0.3) is 11.3 Å². The number of phenols is 1. The predicted octanol–water partition coefficient (Wildman–Crippen LogP) is 4.29. The maximum absolute atomic E-state index is 13.3. The van der Waals surface area contributed by atoms with E-state index in [1.807, 2.05) is 31.7 Å². The standard InChI is InChI=1S/C24H27N3O3/c1-14-6-8-17(9-7-14)23-20-21(19-16(3)12-15(2)13-18(19)28)25-26-22(20)24(29)27(23)10-5-11-30-4/h6-9,12-13,23,28H,5,10-11H2,1-4H3,(H,25,26). The number of rotatable bonds is 6. The second-order valence-corrected chi connectivity index (χ2v) is 7.99. The first kappa shape index (κ1) is 20.2. The fourth-order valence-corrected chi connectivity index (χ4v) is 4.35. The number of aromatic nitrogens is 2. The van der Waals surface area contributed by atoms with Gasteiger partial charge in [0.15, 0.2) is 0 Å². The van der Waals surface area contributed by atoms with Gasteiger partial charge < -0.3 is 14.7 Å². The first-order chi connectivity index (χ1) is 14.4. The van der Waals surface area contributed by atoms with Crippen molar-refractivity contribution in [1.82, 2.24) is 15.1 Å². The van der Waals surface area contributed by atoms with E-state index in [1.54, 1.807) is 13.2 Å². The molecule has 1 atom stereocenters. The zero-order valence-electron chi connectivity index (χ0n) is 17.8. The van der Waals surface area contributed by atoms with E-state index in [1.165, 1.54) is 0 Å². The Bertz CT molecular complexity index is 1060. The van der Waals surface area contributed by atoms with E-state index in [2.05, 4.69) is 34.5 Å². The zero-order valence-corrected chi connectivity index (χ0v) is 17.8. The van der Waals surface area contributed by atoms with Crippen LogP contribution in [0, 0.1) is 20.8 Å². The molecule has 0 spiro atoms. The Balaban J connectivity index is 1.87. The molecule has 2 N–H and O–H groups in total. The van der Waals surface area contributed by atoms with Crippen molar-refractivity contribution in [3.05, 3.63) is 69.9 Å². The van der Waals surface area contributed by atoms with E-state index in [-0.39, 0.29) is 17.7 Å². The number of aryl methyl sites for hydroxylation is 3. The number of H-pyrrole nitrogens is 1. The van der Waals surface area contributed by atoms with Crippen molar-refractivity contribution in [2.45, 2.75) is 33.2 Å². The SMILES string of the molecule is COCCCN1C(=O)c2[nH]nc(-c3c(C)cc(C)cc3O)c2C1c1ccc(C)cc1. The van der Waals surface area contributed by atoms with Gasteiger partial charge in [-0.15, -0.1) is 0 Å². The number of fused-ring (bicyclic) bond motifs is 1. The monoisotopic (exact) mass is 405 g/mol. The van der Waals surface area contributed by atoms with Crippen molar-refractivity contribution in [3.8, 4) is 17.0 Å². The summed E-state index contributed by atoms with van der Waals surface area (Å²) in [6.07, 6.45) is 0.743. The summed E-state index contributed by atoms with van der Waals surface area (Å²) in [4.78, 5) is 15.1. The van der Waals surface area contributed by atoms with Gasteiger partial charge in [0.2, 0.25) is 0 Å². The molecular formula is C24H27N3O3. The number of ether oxygens (including phenoxy) is 1. The van der Waals surface area contributed by atoms with Gasteiger partial charge in [0, 0.05) is 31.4 Å². The molecule has 2 heterocycles. The van der Waals surface area contributed by atoms with E-state index in [0.29, 0.717) is 30.1 Å². The number of methoxy groups -OCH3 is 1. The maximum atomic E-state index is 13.3. The third-order valence-corrected chi connectivity index (χ3v) is 5.70. The normalized spacial score (nSPS) is 15.7. The average molecular weight is 405 g/mol. The highest BCUT2D eigenvalue weighted by atomic mass is 16.5. The zero-order chi connectivity index (χ0) is 21.4. The number of nitrogens with zero attached hydrogens (tertiary/aromatic N) is 2. The van der Waals surface area contributed by atoms with Crippen LogP contribution in [-0.2, 0) is 4.74 Å². The van der Waals surface area contributed by atoms with Crippen LogP contribution in [0.1, 0.15) is 50.8 Å². The van der Waals surface area contributed by atoms with E-state index < -0.39 is 0 Å². The van der Waals surface area contributed by atoms with Gasteiger partial charge in [-0.25, -0.2) is 0 Å². The predicted molar refractivity (Wildman–Crippen MR) is 116 cm³/mol. The van der Waals surface area contributed by atoms with Gasteiger partial charge in [0.1, 0.15) is 17.1 Å². The quantitative estimate of drug-likeness (QED) is 0.600. The highest BCUT2D eigenvalue weighted by Gasteiger charge is 2.42. The Morgan fingerprint density at radius 1 is 1.13 bits per heavy atom. The van der Waals surface area contributed by atoms with Gasteiger partial charge in [-0.05, 0) is 49.9 Å². The van der Waals surface area contributed by atoms with Crippen LogP contribution in [0.4, 0.5) is 0 Å². The Morgan fingerprint density at radius 2 is 1.87 bits per heavy atom. The fraction of sp³-hybridized carbons (Fsp3) is 0.333. The number of hydrogen-bond donors (Lipinski definition) is 2. The molecule has 0 saturated heterocycles. The number of phenolic OH excluding ortho intramolecular Hbond substituents is 1. The van der Waals surface area contributed by atoms with Crippen LogP contribution >= 0.6 is 0 Å². The molecule has 1 aliphatic rings. The summed E-state index contributed by atoms with van der Waals surface area (Å²) >= 11 is 0. The van der Waals surface area contributed by atoms with Crippen molar-refractivity contribution >= 4 is 5.91 Å². The van der Waals surface area contributed by atoms with Crippen molar-refractivity contribution in [2.24, 2.45) is 0 Å².